The summed E-state index contributed by atoms with van der Waals surface area (Å²) in [6.07, 6.45) is 1.24. The van der Waals surface area contributed by atoms with Gasteiger partial charge in [-0.15, -0.1) is 0 Å². The maximum atomic E-state index is 11.1. The third-order valence-corrected chi connectivity index (χ3v) is 2.30. The van der Waals surface area contributed by atoms with Crippen molar-refractivity contribution < 1.29 is 19.4 Å². The van der Waals surface area contributed by atoms with Crippen LogP contribution in [0, 0.1) is 0 Å². The van der Waals surface area contributed by atoms with Gasteiger partial charge in [0.2, 0.25) is 0 Å². The quantitative estimate of drug-likeness (QED) is 0.811. The third-order valence-electron chi connectivity index (χ3n) is 1.50. The first-order valence-electron chi connectivity index (χ1n) is 3.54. The minimum atomic E-state index is -1.21. The van der Waals surface area contributed by atoms with Crippen LogP contribution in [0.4, 0.5) is 0 Å². The van der Waals surface area contributed by atoms with E-state index in [1.165, 1.54) is 19.4 Å². The predicted molar refractivity (Wildman–Crippen MR) is 50.2 cm³/mol. The van der Waals surface area contributed by atoms with Crippen LogP contribution in [0.2, 0.25) is 0 Å². The van der Waals surface area contributed by atoms with Gasteiger partial charge in [0.05, 0.1) is 17.1 Å². The molecular formula is C8H6BrNO4. The van der Waals surface area contributed by atoms with Gasteiger partial charge in [-0.3, -0.25) is 0 Å². The summed E-state index contributed by atoms with van der Waals surface area (Å²) in [6, 6.07) is 1.38. The van der Waals surface area contributed by atoms with Gasteiger partial charge in [0.25, 0.3) is 0 Å². The molecule has 0 amide bonds. The van der Waals surface area contributed by atoms with Crippen molar-refractivity contribution in [3.63, 3.8) is 0 Å². The SMILES string of the molecule is COC(=O)c1ccnc(C(=O)O)c1Br. The molecule has 74 valence electrons. The van der Waals surface area contributed by atoms with Crippen molar-refractivity contribution in [2.45, 2.75) is 0 Å². The van der Waals surface area contributed by atoms with Crippen LogP contribution in [0.1, 0.15) is 20.8 Å². The predicted octanol–water partition coefficient (Wildman–Crippen LogP) is 1.33. The van der Waals surface area contributed by atoms with E-state index in [0.29, 0.717) is 0 Å². The van der Waals surface area contributed by atoms with Gasteiger partial charge < -0.3 is 9.84 Å². The molecule has 1 aromatic heterocycles. The molecule has 0 unspecified atom stereocenters. The summed E-state index contributed by atoms with van der Waals surface area (Å²) in [6.45, 7) is 0. The minimum Gasteiger partial charge on any atom is -0.476 e. The molecule has 0 spiro atoms. The maximum absolute atomic E-state index is 11.1. The minimum absolute atomic E-state index is 0.124. The first-order valence-corrected chi connectivity index (χ1v) is 4.33. The van der Waals surface area contributed by atoms with Crippen molar-refractivity contribution in [3.05, 3.63) is 28.0 Å². The van der Waals surface area contributed by atoms with Gasteiger partial charge in [-0.05, 0) is 22.0 Å². The van der Waals surface area contributed by atoms with E-state index in [9.17, 15) is 9.59 Å². The molecule has 1 heterocycles. The Bertz CT molecular complexity index is 391. The molecule has 14 heavy (non-hydrogen) atoms. The Kier molecular flexibility index (Phi) is 3.19. The molecule has 0 saturated carbocycles. The van der Waals surface area contributed by atoms with E-state index in [4.69, 9.17) is 5.11 Å². The van der Waals surface area contributed by atoms with Gasteiger partial charge in [-0.2, -0.15) is 0 Å². The molecule has 0 aliphatic rings. The van der Waals surface area contributed by atoms with Gasteiger partial charge in [-0.1, -0.05) is 0 Å². The van der Waals surface area contributed by atoms with E-state index < -0.39 is 11.9 Å². The van der Waals surface area contributed by atoms with Crippen LogP contribution in [-0.4, -0.2) is 29.1 Å². The molecule has 5 nitrogen and oxygen atoms in total. The number of carboxylic acids is 1. The van der Waals surface area contributed by atoms with E-state index in [0.717, 1.165) is 0 Å². The number of hydrogen-bond donors (Lipinski definition) is 1. The van der Waals surface area contributed by atoms with Gasteiger partial charge in [0, 0.05) is 6.20 Å². The van der Waals surface area contributed by atoms with Crippen molar-refractivity contribution in [2.24, 2.45) is 0 Å². The van der Waals surface area contributed by atoms with E-state index in [-0.39, 0.29) is 15.7 Å². The number of aromatic nitrogens is 1. The fourth-order valence-corrected chi connectivity index (χ4v) is 1.43. The number of carboxylic acid groups (broad SMARTS) is 1. The smallest absolute Gasteiger partial charge is 0.355 e. The number of carbonyl (C=O) groups excluding carboxylic acids is 1. The summed E-state index contributed by atoms with van der Waals surface area (Å²) in [5.74, 6) is -1.82. The molecule has 0 aliphatic carbocycles. The fraction of sp³-hybridized carbons (Fsp3) is 0.125. The Morgan fingerprint density at radius 2 is 2.21 bits per heavy atom. The number of carbonyl (C=O) groups is 2. The highest BCUT2D eigenvalue weighted by Gasteiger charge is 2.17. The zero-order valence-electron chi connectivity index (χ0n) is 7.15. The van der Waals surface area contributed by atoms with Crippen LogP contribution in [-0.2, 0) is 4.74 Å². The number of rotatable bonds is 2. The largest absolute Gasteiger partial charge is 0.476 e. The zero-order chi connectivity index (χ0) is 10.7. The van der Waals surface area contributed by atoms with Crippen molar-refractivity contribution >= 4 is 27.9 Å². The Labute approximate surface area is 87.8 Å². The third kappa shape index (κ3) is 1.90. The molecule has 0 fully saturated rings. The summed E-state index contributed by atoms with van der Waals surface area (Å²) in [5.41, 5.74) is -0.0761. The van der Waals surface area contributed by atoms with Crippen molar-refractivity contribution in [1.29, 1.82) is 0 Å². The second-order valence-corrected chi connectivity index (χ2v) is 3.11. The lowest BCUT2D eigenvalue weighted by molar-refractivity contribution is 0.0599. The lowest BCUT2D eigenvalue weighted by Gasteiger charge is -2.03. The lowest BCUT2D eigenvalue weighted by Crippen LogP contribution is -2.08. The second-order valence-electron chi connectivity index (χ2n) is 2.32. The molecular weight excluding hydrogens is 254 g/mol. The average molecular weight is 260 g/mol. The molecule has 0 radical (unpaired) electrons. The summed E-state index contributed by atoms with van der Waals surface area (Å²) in [7, 11) is 1.22. The van der Waals surface area contributed by atoms with E-state index in [1.807, 2.05) is 0 Å². The molecule has 6 heteroatoms. The van der Waals surface area contributed by atoms with E-state index in [1.54, 1.807) is 0 Å². The molecule has 1 N–H and O–H groups in total. The Morgan fingerprint density at radius 3 is 2.71 bits per heavy atom. The standard InChI is InChI=1S/C8H6BrNO4/c1-14-8(13)4-2-3-10-6(5(4)9)7(11)12/h2-3H,1H3,(H,11,12). The molecule has 0 atom stereocenters. The molecule has 0 aromatic carbocycles. The van der Waals surface area contributed by atoms with Gasteiger partial charge in [0.15, 0.2) is 5.69 Å². The number of aromatic carboxylic acids is 1. The van der Waals surface area contributed by atoms with E-state index in [2.05, 4.69) is 25.7 Å². The Balaban J connectivity index is 3.27. The highest BCUT2D eigenvalue weighted by molar-refractivity contribution is 9.10. The van der Waals surface area contributed by atoms with Gasteiger partial charge in [-0.25, -0.2) is 14.6 Å². The maximum Gasteiger partial charge on any atom is 0.355 e. The molecule has 0 bridgehead atoms. The summed E-state index contributed by atoms with van der Waals surface area (Å²) >= 11 is 2.98. The van der Waals surface area contributed by atoms with E-state index >= 15 is 0 Å². The van der Waals surface area contributed by atoms with Crippen LogP contribution in [0.5, 0.6) is 0 Å². The van der Waals surface area contributed by atoms with Crippen molar-refractivity contribution in [2.75, 3.05) is 7.11 Å². The fourth-order valence-electron chi connectivity index (χ4n) is 0.860. The van der Waals surface area contributed by atoms with Crippen LogP contribution < -0.4 is 0 Å². The summed E-state index contributed by atoms with van der Waals surface area (Å²) in [5, 5.41) is 8.70. The van der Waals surface area contributed by atoms with Gasteiger partial charge >= 0.3 is 11.9 Å². The zero-order valence-corrected chi connectivity index (χ0v) is 8.74. The first kappa shape index (κ1) is 10.6. The first-order chi connectivity index (χ1) is 6.57. The number of methoxy groups -OCH3 is 1. The summed E-state index contributed by atoms with van der Waals surface area (Å²) in [4.78, 5) is 25.4. The number of pyridine rings is 1. The second kappa shape index (κ2) is 4.19. The highest BCUT2D eigenvalue weighted by atomic mass is 79.9. The number of nitrogens with zero attached hydrogens (tertiary/aromatic N) is 1. The number of ether oxygens (including phenoxy) is 1. The normalized spacial score (nSPS) is 9.57. The Hall–Kier alpha value is -1.43. The van der Waals surface area contributed by atoms with Crippen LogP contribution in [0.15, 0.2) is 16.7 Å². The molecule has 1 aromatic rings. The van der Waals surface area contributed by atoms with Crippen LogP contribution in [0.3, 0.4) is 0 Å². The molecule has 0 aliphatic heterocycles. The topological polar surface area (TPSA) is 76.5 Å². The van der Waals surface area contributed by atoms with Crippen molar-refractivity contribution in [1.82, 2.24) is 4.98 Å². The Morgan fingerprint density at radius 1 is 1.57 bits per heavy atom. The van der Waals surface area contributed by atoms with Gasteiger partial charge in [0.1, 0.15) is 0 Å². The monoisotopic (exact) mass is 259 g/mol. The summed E-state index contributed by atoms with van der Waals surface area (Å²) < 4.78 is 4.59. The highest BCUT2D eigenvalue weighted by Crippen LogP contribution is 2.20. The van der Waals surface area contributed by atoms with Crippen molar-refractivity contribution in [3.8, 4) is 0 Å². The van der Waals surface area contributed by atoms with Crippen LogP contribution >= 0.6 is 15.9 Å². The number of esters is 1. The lowest BCUT2D eigenvalue weighted by atomic mass is 10.2. The molecule has 1 rings (SSSR count). The average Bonchev–Trinajstić information content (AvgIpc) is 2.16. The van der Waals surface area contributed by atoms with Crippen LogP contribution in [0.25, 0.3) is 0 Å². The number of halogens is 1. The number of hydrogen-bond acceptors (Lipinski definition) is 4. The molecule has 0 saturated heterocycles.